The number of benzene rings is 1. The molecule has 0 fully saturated rings. The Morgan fingerprint density at radius 3 is 2.79 bits per heavy atom. The molecule has 0 aliphatic carbocycles. The smallest absolute Gasteiger partial charge is 0.145 e. The number of hydrogen-bond acceptors (Lipinski definition) is 2. The number of pyridine rings is 1. The third-order valence-electron chi connectivity index (χ3n) is 2.18. The summed E-state index contributed by atoms with van der Waals surface area (Å²) in [6.45, 7) is 2.03. The fourth-order valence-corrected chi connectivity index (χ4v) is 1.67. The number of aryl methyl sites for hydroxylation is 1. The zero-order chi connectivity index (χ0) is 10.1. The minimum absolute atomic E-state index is 0.515. The normalized spacial score (nSPS) is 10.5. The molecule has 2 aromatic rings. The highest BCUT2D eigenvalue weighted by molar-refractivity contribution is 6.34. The summed E-state index contributed by atoms with van der Waals surface area (Å²) >= 11 is 5.97. The van der Waals surface area contributed by atoms with Crippen molar-refractivity contribution in [2.75, 3.05) is 7.11 Å². The Morgan fingerprint density at radius 1 is 1.29 bits per heavy atom. The minimum Gasteiger partial charge on any atom is -0.494 e. The molecule has 0 saturated heterocycles. The van der Waals surface area contributed by atoms with E-state index in [-0.39, 0.29) is 0 Å². The fourth-order valence-electron chi connectivity index (χ4n) is 1.46. The van der Waals surface area contributed by atoms with Crippen molar-refractivity contribution in [1.82, 2.24) is 4.98 Å². The molecule has 1 aromatic carbocycles. The molecule has 0 saturated carbocycles. The number of nitrogens with zero attached hydrogens (tertiary/aromatic N) is 1. The molecule has 3 heteroatoms. The molecule has 14 heavy (non-hydrogen) atoms. The van der Waals surface area contributed by atoms with Gasteiger partial charge in [-0.15, -0.1) is 0 Å². The molecule has 0 bridgehead atoms. The van der Waals surface area contributed by atoms with Crippen LogP contribution in [0.5, 0.6) is 5.75 Å². The van der Waals surface area contributed by atoms with E-state index in [1.165, 1.54) is 5.56 Å². The summed E-state index contributed by atoms with van der Waals surface area (Å²) < 4.78 is 5.22. The van der Waals surface area contributed by atoms with Crippen LogP contribution in [0.1, 0.15) is 5.56 Å². The fraction of sp³-hybridized carbons (Fsp3) is 0.182. The largest absolute Gasteiger partial charge is 0.494 e. The first-order chi connectivity index (χ1) is 6.72. The molecular weight excluding hydrogens is 198 g/mol. The first-order valence-electron chi connectivity index (χ1n) is 4.31. The number of aromatic nitrogens is 1. The van der Waals surface area contributed by atoms with E-state index < -0.39 is 0 Å². The predicted octanol–water partition coefficient (Wildman–Crippen LogP) is 3.21. The molecule has 0 amide bonds. The van der Waals surface area contributed by atoms with Gasteiger partial charge in [-0.2, -0.15) is 0 Å². The molecule has 72 valence electrons. The molecule has 0 N–H and O–H groups in total. The second kappa shape index (κ2) is 3.46. The average Bonchev–Trinajstić information content (AvgIpc) is 2.18. The van der Waals surface area contributed by atoms with Crippen LogP contribution in [-0.4, -0.2) is 12.1 Å². The summed E-state index contributed by atoms with van der Waals surface area (Å²) in [6.07, 6.45) is 1.64. The number of rotatable bonds is 1. The van der Waals surface area contributed by atoms with Crippen LogP contribution in [0.3, 0.4) is 0 Å². The molecule has 1 aromatic heterocycles. The van der Waals surface area contributed by atoms with Gasteiger partial charge in [0.25, 0.3) is 0 Å². The zero-order valence-electron chi connectivity index (χ0n) is 8.04. The molecule has 2 rings (SSSR count). The third kappa shape index (κ3) is 1.42. The monoisotopic (exact) mass is 207 g/mol. The number of methoxy groups -OCH3 is 1. The third-order valence-corrected chi connectivity index (χ3v) is 2.48. The summed E-state index contributed by atoms with van der Waals surface area (Å²) in [4.78, 5) is 4.05. The number of ether oxygens (including phenoxy) is 1. The molecule has 0 spiro atoms. The Morgan fingerprint density at radius 2 is 2.07 bits per heavy atom. The highest BCUT2D eigenvalue weighted by atomic mass is 35.5. The van der Waals surface area contributed by atoms with Crippen LogP contribution in [0.25, 0.3) is 10.8 Å². The second-order valence-corrected chi connectivity index (χ2v) is 3.52. The molecule has 0 radical (unpaired) electrons. The maximum atomic E-state index is 5.97. The molecule has 0 aliphatic rings. The average molecular weight is 208 g/mol. The zero-order valence-corrected chi connectivity index (χ0v) is 8.80. The van der Waals surface area contributed by atoms with Crippen LogP contribution >= 0.6 is 11.6 Å². The Bertz CT molecular complexity index is 482. The van der Waals surface area contributed by atoms with Crippen molar-refractivity contribution in [3.8, 4) is 5.75 Å². The predicted molar refractivity (Wildman–Crippen MR) is 58.0 cm³/mol. The van der Waals surface area contributed by atoms with E-state index in [4.69, 9.17) is 16.3 Å². The van der Waals surface area contributed by atoms with Crippen LogP contribution in [-0.2, 0) is 0 Å². The summed E-state index contributed by atoms with van der Waals surface area (Å²) in [6, 6.07) is 6.01. The van der Waals surface area contributed by atoms with Gasteiger partial charge >= 0.3 is 0 Å². The lowest BCUT2D eigenvalue weighted by Gasteiger charge is -2.06. The first-order valence-corrected chi connectivity index (χ1v) is 4.69. The van der Waals surface area contributed by atoms with E-state index in [0.717, 1.165) is 16.5 Å². The summed E-state index contributed by atoms with van der Waals surface area (Å²) in [7, 11) is 1.63. The van der Waals surface area contributed by atoms with Crippen molar-refractivity contribution in [1.29, 1.82) is 0 Å². The highest BCUT2D eigenvalue weighted by Gasteiger charge is 2.05. The lowest BCUT2D eigenvalue weighted by atomic mass is 10.1. The van der Waals surface area contributed by atoms with Crippen LogP contribution < -0.4 is 4.74 Å². The van der Waals surface area contributed by atoms with Crippen LogP contribution in [0.15, 0.2) is 24.4 Å². The summed E-state index contributed by atoms with van der Waals surface area (Å²) in [5.41, 5.74) is 1.18. The molecule has 1 heterocycles. The Balaban J connectivity index is 2.85. The Labute approximate surface area is 87.5 Å². The SMILES string of the molecule is COc1cnc(Cl)c2ccc(C)cc12. The van der Waals surface area contributed by atoms with Gasteiger partial charge in [0.05, 0.1) is 13.3 Å². The van der Waals surface area contributed by atoms with E-state index in [2.05, 4.69) is 4.98 Å². The Kier molecular flexibility index (Phi) is 2.30. The summed E-state index contributed by atoms with van der Waals surface area (Å²) in [5, 5.41) is 2.45. The van der Waals surface area contributed by atoms with Gasteiger partial charge < -0.3 is 4.74 Å². The van der Waals surface area contributed by atoms with Crippen LogP contribution in [0, 0.1) is 6.92 Å². The van der Waals surface area contributed by atoms with Crippen molar-refractivity contribution < 1.29 is 4.74 Å². The van der Waals surface area contributed by atoms with E-state index in [9.17, 15) is 0 Å². The van der Waals surface area contributed by atoms with Gasteiger partial charge in [0, 0.05) is 10.8 Å². The second-order valence-electron chi connectivity index (χ2n) is 3.17. The molecule has 2 nitrogen and oxygen atoms in total. The maximum Gasteiger partial charge on any atom is 0.145 e. The van der Waals surface area contributed by atoms with Gasteiger partial charge in [0.1, 0.15) is 10.9 Å². The molecule has 0 unspecified atom stereocenters. The van der Waals surface area contributed by atoms with Crippen LogP contribution in [0.2, 0.25) is 5.15 Å². The topological polar surface area (TPSA) is 22.1 Å². The standard InChI is InChI=1S/C11H10ClNO/c1-7-3-4-8-9(5-7)10(14-2)6-13-11(8)12/h3-6H,1-2H3. The lowest BCUT2D eigenvalue weighted by molar-refractivity contribution is 0.418. The van der Waals surface area contributed by atoms with Crippen molar-refractivity contribution in [2.24, 2.45) is 0 Å². The van der Waals surface area contributed by atoms with Gasteiger partial charge in [-0.1, -0.05) is 29.3 Å². The first kappa shape index (κ1) is 9.28. The van der Waals surface area contributed by atoms with Crippen molar-refractivity contribution in [2.45, 2.75) is 6.92 Å². The van der Waals surface area contributed by atoms with Crippen molar-refractivity contribution in [3.63, 3.8) is 0 Å². The lowest BCUT2D eigenvalue weighted by Crippen LogP contribution is -1.88. The number of fused-ring (bicyclic) bond motifs is 1. The van der Waals surface area contributed by atoms with Gasteiger partial charge in [0.15, 0.2) is 0 Å². The quantitative estimate of drug-likeness (QED) is 0.670. The van der Waals surface area contributed by atoms with E-state index in [0.29, 0.717) is 5.15 Å². The van der Waals surface area contributed by atoms with E-state index in [1.807, 2.05) is 25.1 Å². The Hall–Kier alpha value is -1.28. The van der Waals surface area contributed by atoms with E-state index >= 15 is 0 Å². The van der Waals surface area contributed by atoms with Gasteiger partial charge in [-0.05, 0) is 13.0 Å². The van der Waals surface area contributed by atoms with Crippen molar-refractivity contribution in [3.05, 3.63) is 35.1 Å². The minimum atomic E-state index is 0.515. The number of halogens is 1. The molecular formula is C11H10ClNO. The van der Waals surface area contributed by atoms with Gasteiger partial charge in [-0.3, -0.25) is 0 Å². The van der Waals surface area contributed by atoms with Crippen molar-refractivity contribution >= 4 is 22.4 Å². The molecule has 0 aliphatic heterocycles. The summed E-state index contributed by atoms with van der Waals surface area (Å²) in [5.74, 6) is 0.758. The maximum absolute atomic E-state index is 5.97. The highest BCUT2D eigenvalue weighted by Crippen LogP contribution is 2.29. The van der Waals surface area contributed by atoms with E-state index in [1.54, 1.807) is 13.3 Å². The van der Waals surface area contributed by atoms with Gasteiger partial charge in [-0.25, -0.2) is 4.98 Å². The molecule has 0 atom stereocenters. The number of hydrogen-bond donors (Lipinski definition) is 0. The van der Waals surface area contributed by atoms with Crippen LogP contribution in [0.4, 0.5) is 0 Å². The van der Waals surface area contributed by atoms with Gasteiger partial charge in [0.2, 0.25) is 0 Å².